The van der Waals surface area contributed by atoms with Crippen molar-refractivity contribution in [1.82, 2.24) is 10.3 Å². The predicted molar refractivity (Wildman–Crippen MR) is 86.8 cm³/mol. The van der Waals surface area contributed by atoms with Crippen LogP contribution >= 0.6 is 11.3 Å². The number of carbonyl (C=O) groups excluding carboxylic acids is 1. The molecule has 0 aliphatic heterocycles. The normalized spacial score (nSPS) is 23.2. The highest BCUT2D eigenvalue weighted by molar-refractivity contribution is 7.09. The molecule has 124 valence electrons. The number of nitrogens with zero attached hydrogens (tertiary/aromatic N) is 1. The number of nitrogens with one attached hydrogen (secondary N) is 1. The Morgan fingerprint density at radius 1 is 1.55 bits per heavy atom. The molecule has 1 saturated carbocycles. The van der Waals surface area contributed by atoms with Crippen molar-refractivity contribution in [3.8, 4) is 0 Å². The summed E-state index contributed by atoms with van der Waals surface area (Å²) in [4.78, 5) is 16.7. The third kappa shape index (κ3) is 4.76. The smallest absolute Gasteiger partial charge is 0.226 e. The van der Waals surface area contributed by atoms with Crippen LogP contribution in [-0.4, -0.2) is 35.3 Å². The standard InChI is InChI=1S/C16H26N2O3S/c1-3-21-11(2)16-17-13(10-22-16)8-15(20)18-14-7-5-4-6-12(14)9-19/h10-12,14,19H,3-9H2,1-2H3,(H,18,20). The summed E-state index contributed by atoms with van der Waals surface area (Å²) < 4.78 is 5.52. The van der Waals surface area contributed by atoms with Crippen LogP contribution in [0.5, 0.6) is 0 Å². The minimum atomic E-state index is -0.0241. The van der Waals surface area contributed by atoms with Crippen LogP contribution in [0.2, 0.25) is 0 Å². The monoisotopic (exact) mass is 326 g/mol. The van der Waals surface area contributed by atoms with E-state index in [4.69, 9.17) is 4.74 Å². The summed E-state index contributed by atoms with van der Waals surface area (Å²) in [6.45, 7) is 4.73. The number of aliphatic hydroxyl groups excluding tert-OH is 1. The lowest BCUT2D eigenvalue weighted by atomic mass is 9.85. The van der Waals surface area contributed by atoms with Gasteiger partial charge in [-0.15, -0.1) is 11.3 Å². The molecule has 22 heavy (non-hydrogen) atoms. The highest BCUT2D eigenvalue weighted by atomic mass is 32.1. The van der Waals surface area contributed by atoms with Gasteiger partial charge in [0.05, 0.1) is 12.1 Å². The van der Waals surface area contributed by atoms with E-state index in [-0.39, 0.29) is 30.6 Å². The Balaban J connectivity index is 1.86. The number of amides is 1. The van der Waals surface area contributed by atoms with Crippen LogP contribution in [0, 0.1) is 5.92 Å². The van der Waals surface area contributed by atoms with Gasteiger partial charge in [0.25, 0.3) is 0 Å². The zero-order valence-corrected chi connectivity index (χ0v) is 14.2. The fourth-order valence-corrected chi connectivity index (χ4v) is 3.77. The maximum atomic E-state index is 12.2. The fourth-order valence-electron chi connectivity index (χ4n) is 2.95. The zero-order valence-electron chi connectivity index (χ0n) is 13.4. The molecular formula is C16H26N2O3S. The molecule has 0 spiro atoms. The molecule has 1 aromatic rings. The molecule has 0 aromatic carbocycles. The van der Waals surface area contributed by atoms with Crippen LogP contribution in [0.1, 0.15) is 56.3 Å². The highest BCUT2D eigenvalue weighted by Gasteiger charge is 2.26. The van der Waals surface area contributed by atoms with Crippen molar-refractivity contribution >= 4 is 17.2 Å². The summed E-state index contributed by atoms with van der Waals surface area (Å²) >= 11 is 1.53. The maximum Gasteiger partial charge on any atom is 0.226 e. The minimum Gasteiger partial charge on any atom is -0.396 e. The molecule has 0 saturated heterocycles. The quantitative estimate of drug-likeness (QED) is 0.807. The molecule has 6 heteroatoms. The first-order valence-corrected chi connectivity index (χ1v) is 8.98. The third-order valence-corrected chi connectivity index (χ3v) is 5.22. The van der Waals surface area contributed by atoms with E-state index in [1.807, 2.05) is 19.2 Å². The molecule has 1 amide bonds. The average Bonchev–Trinajstić information content (AvgIpc) is 2.96. The Morgan fingerprint density at radius 3 is 3.05 bits per heavy atom. The number of carbonyl (C=O) groups is 1. The number of hydrogen-bond donors (Lipinski definition) is 2. The van der Waals surface area contributed by atoms with E-state index in [1.54, 1.807) is 0 Å². The van der Waals surface area contributed by atoms with Crippen molar-refractivity contribution in [3.05, 3.63) is 16.1 Å². The number of thiazole rings is 1. The summed E-state index contributed by atoms with van der Waals surface area (Å²) in [5, 5.41) is 15.3. The van der Waals surface area contributed by atoms with Gasteiger partial charge in [-0.2, -0.15) is 0 Å². The van der Waals surface area contributed by atoms with Crippen LogP contribution in [0.3, 0.4) is 0 Å². The van der Waals surface area contributed by atoms with Gasteiger partial charge in [-0.05, 0) is 26.7 Å². The van der Waals surface area contributed by atoms with Gasteiger partial charge >= 0.3 is 0 Å². The van der Waals surface area contributed by atoms with Crippen molar-refractivity contribution in [3.63, 3.8) is 0 Å². The average molecular weight is 326 g/mol. The molecule has 3 atom stereocenters. The van der Waals surface area contributed by atoms with E-state index in [2.05, 4.69) is 10.3 Å². The maximum absolute atomic E-state index is 12.2. The Hall–Kier alpha value is -0.980. The Morgan fingerprint density at radius 2 is 2.32 bits per heavy atom. The van der Waals surface area contributed by atoms with Crippen molar-refractivity contribution in [1.29, 1.82) is 0 Å². The van der Waals surface area contributed by atoms with Gasteiger partial charge in [-0.3, -0.25) is 4.79 Å². The summed E-state index contributed by atoms with van der Waals surface area (Å²) in [6, 6.07) is 0.103. The first kappa shape index (κ1) is 17.4. The second-order valence-corrected chi connectivity index (χ2v) is 6.74. The molecular weight excluding hydrogens is 300 g/mol. The predicted octanol–water partition coefficient (Wildman–Crippen LogP) is 2.45. The zero-order chi connectivity index (χ0) is 15.9. The fraction of sp³-hybridized carbons (Fsp3) is 0.750. The summed E-state index contributed by atoms with van der Waals surface area (Å²) in [5.41, 5.74) is 0.792. The van der Waals surface area contributed by atoms with Crippen molar-refractivity contribution in [2.75, 3.05) is 13.2 Å². The first-order chi connectivity index (χ1) is 10.6. The molecule has 5 nitrogen and oxygen atoms in total. The lowest BCUT2D eigenvalue weighted by Crippen LogP contribution is -2.44. The van der Waals surface area contributed by atoms with Crippen LogP contribution in [0.25, 0.3) is 0 Å². The first-order valence-electron chi connectivity index (χ1n) is 8.10. The van der Waals surface area contributed by atoms with Gasteiger partial charge in [0.1, 0.15) is 11.1 Å². The topological polar surface area (TPSA) is 71.5 Å². The largest absolute Gasteiger partial charge is 0.396 e. The molecule has 1 heterocycles. The van der Waals surface area contributed by atoms with Crippen molar-refractivity contribution in [2.45, 2.75) is 58.1 Å². The molecule has 3 unspecified atom stereocenters. The van der Waals surface area contributed by atoms with E-state index in [1.165, 1.54) is 11.3 Å². The van der Waals surface area contributed by atoms with Gasteiger partial charge in [-0.25, -0.2) is 4.98 Å². The van der Waals surface area contributed by atoms with Crippen LogP contribution in [-0.2, 0) is 16.0 Å². The van der Waals surface area contributed by atoms with E-state index >= 15 is 0 Å². The van der Waals surface area contributed by atoms with Crippen molar-refractivity contribution < 1.29 is 14.6 Å². The lowest BCUT2D eigenvalue weighted by molar-refractivity contribution is -0.121. The summed E-state index contributed by atoms with van der Waals surface area (Å²) in [7, 11) is 0. The Bertz CT molecular complexity index is 478. The Kier molecular flexibility index (Phi) is 6.79. The molecule has 1 aromatic heterocycles. The van der Waals surface area contributed by atoms with Crippen LogP contribution in [0.15, 0.2) is 5.38 Å². The second kappa shape index (κ2) is 8.60. The molecule has 0 bridgehead atoms. The summed E-state index contributed by atoms with van der Waals surface area (Å²) in [6.07, 6.45) is 4.49. The molecule has 1 fully saturated rings. The summed E-state index contributed by atoms with van der Waals surface area (Å²) in [5.74, 6) is 0.188. The Labute approximate surface area is 136 Å². The van der Waals surface area contributed by atoms with Gasteiger partial charge in [0, 0.05) is 30.6 Å². The third-order valence-electron chi connectivity index (χ3n) is 4.17. The van der Waals surface area contributed by atoms with Gasteiger partial charge in [-0.1, -0.05) is 12.8 Å². The number of aliphatic hydroxyl groups is 1. The van der Waals surface area contributed by atoms with E-state index in [9.17, 15) is 9.90 Å². The van der Waals surface area contributed by atoms with Gasteiger partial charge in [0.2, 0.25) is 5.91 Å². The van der Waals surface area contributed by atoms with E-state index in [0.29, 0.717) is 13.0 Å². The van der Waals surface area contributed by atoms with Gasteiger partial charge in [0.15, 0.2) is 0 Å². The molecule has 0 radical (unpaired) electrons. The van der Waals surface area contributed by atoms with Crippen molar-refractivity contribution in [2.24, 2.45) is 5.92 Å². The number of ether oxygens (including phenoxy) is 1. The van der Waals surface area contributed by atoms with Crippen LogP contribution in [0.4, 0.5) is 0 Å². The van der Waals surface area contributed by atoms with Gasteiger partial charge < -0.3 is 15.2 Å². The molecule has 2 N–H and O–H groups in total. The van der Waals surface area contributed by atoms with E-state index < -0.39 is 0 Å². The number of rotatable bonds is 7. The highest BCUT2D eigenvalue weighted by Crippen LogP contribution is 2.24. The van der Waals surface area contributed by atoms with Crippen LogP contribution < -0.4 is 5.32 Å². The molecule has 1 aliphatic carbocycles. The number of aromatic nitrogens is 1. The molecule has 2 rings (SSSR count). The lowest BCUT2D eigenvalue weighted by Gasteiger charge is -2.30. The van der Waals surface area contributed by atoms with E-state index in [0.717, 1.165) is 36.4 Å². The number of hydrogen-bond acceptors (Lipinski definition) is 5. The second-order valence-electron chi connectivity index (χ2n) is 5.85. The molecule has 1 aliphatic rings. The SMILES string of the molecule is CCOC(C)c1nc(CC(=O)NC2CCCCC2CO)cs1. The minimum absolute atomic E-state index is 0.00809.